The third-order valence-electron chi connectivity index (χ3n) is 3.32. The summed E-state index contributed by atoms with van der Waals surface area (Å²) in [6, 6.07) is 13.9. The topological polar surface area (TPSA) is 38.8 Å². The first-order valence-electron chi connectivity index (χ1n) is 7.38. The first-order valence-corrected chi connectivity index (χ1v) is 8.19. The Labute approximate surface area is 141 Å². The van der Waals surface area contributed by atoms with Gasteiger partial charge in [-0.05, 0) is 44.2 Å². The van der Waals surface area contributed by atoms with E-state index in [0.717, 1.165) is 21.2 Å². The van der Waals surface area contributed by atoms with Crippen LogP contribution in [0, 0.1) is 6.92 Å². The van der Waals surface area contributed by atoms with Crippen LogP contribution in [0.15, 0.2) is 52.3 Å². The molecule has 122 valence electrons. The van der Waals surface area contributed by atoms with E-state index in [1.165, 1.54) is 10.5 Å². The summed E-state index contributed by atoms with van der Waals surface area (Å²) in [5, 5.41) is 0. The third-order valence-corrected chi connectivity index (χ3v) is 4.37. The van der Waals surface area contributed by atoms with Crippen LogP contribution in [0.2, 0.25) is 0 Å². The molecule has 0 saturated heterocycles. The number of anilines is 1. The second-order valence-corrected chi connectivity index (χ2v) is 6.12. The highest BCUT2D eigenvalue weighted by Gasteiger charge is 2.14. The zero-order valence-electron chi connectivity index (χ0n) is 13.8. The molecule has 0 spiro atoms. The summed E-state index contributed by atoms with van der Waals surface area (Å²) in [6.07, 6.45) is -0.371. The van der Waals surface area contributed by atoms with Crippen LogP contribution in [0.1, 0.15) is 12.5 Å². The number of carbonyl (C=O) groups excluding carboxylic acids is 1. The SMILES string of the molecule is CCOC(=O)N(C)c1ccc(OC)c(Sc2ccc(C)cc2)c1. The first kappa shape index (κ1) is 17.2. The molecule has 0 fully saturated rings. The van der Waals surface area contributed by atoms with Crippen molar-refractivity contribution >= 4 is 23.5 Å². The quantitative estimate of drug-likeness (QED) is 0.793. The number of benzene rings is 2. The molecule has 0 saturated carbocycles. The van der Waals surface area contributed by atoms with Gasteiger partial charge in [0.25, 0.3) is 0 Å². The van der Waals surface area contributed by atoms with Crippen LogP contribution >= 0.6 is 11.8 Å². The zero-order valence-corrected chi connectivity index (χ0v) is 14.6. The van der Waals surface area contributed by atoms with Gasteiger partial charge in [-0.1, -0.05) is 29.5 Å². The van der Waals surface area contributed by atoms with Crippen LogP contribution in [-0.4, -0.2) is 26.9 Å². The minimum Gasteiger partial charge on any atom is -0.496 e. The highest BCUT2D eigenvalue weighted by Crippen LogP contribution is 2.37. The molecule has 2 rings (SSSR count). The molecule has 0 aromatic heterocycles. The van der Waals surface area contributed by atoms with E-state index in [0.29, 0.717) is 6.61 Å². The number of rotatable bonds is 5. The molecular weight excluding hydrogens is 310 g/mol. The highest BCUT2D eigenvalue weighted by molar-refractivity contribution is 7.99. The summed E-state index contributed by atoms with van der Waals surface area (Å²) in [5.74, 6) is 0.775. The summed E-state index contributed by atoms with van der Waals surface area (Å²) >= 11 is 1.60. The average Bonchev–Trinajstić information content (AvgIpc) is 2.56. The Morgan fingerprint density at radius 2 is 1.87 bits per heavy atom. The monoisotopic (exact) mass is 331 g/mol. The number of methoxy groups -OCH3 is 1. The third kappa shape index (κ3) is 4.42. The van der Waals surface area contributed by atoms with Crippen molar-refractivity contribution in [2.75, 3.05) is 25.7 Å². The minimum atomic E-state index is -0.371. The number of hydrogen-bond donors (Lipinski definition) is 0. The fraction of sp³-hybridized carbons (Fsp3) is 0.278. The van der Waals surface area contributed by atoms with Crippen LogP contribution < -0.4 is 9.64 Å². The van der Waals surface area contributed by atoms with Crippen molar-refractivity contribution in [2.45, 2.75) is 23.6 Å². The van der Waals surface area contributed by atoms with Crippen LogP contribution in [-0.2, 0) is 4.74 Å². The molecule has 1 amide bonds. The van der Waals surface area contributed by atoms with Crippen LogP contribution in [0.4, 0.5) is 10.5 Å². The van der Waals surface area contributed by atoms with Crippen molar-refractivity contribution in [3.63, 3.8) is 0 Å². The number of amides is 1. The van der Waals surface area contributed by atoms with Crippen LogP contribution in [0.5, 0.6) is 5.75 Å². The van der Waals surface area contributed by atoms with Gasteiger partial charge in [0.15, 0.2) is 0 Å². The fourth-order valence-electron chi connectivity index (χ4n) is 2.01. The summed E-state index contributed by atoms with van der Waals surface area (Å²) < 4.78 is 10.5. The van der Waals surface area contributed by atoms with Gasteiger partial charge in [0.1, 0.15) is 5.75 Å². The second kappa shape index (κ2) is 7.92. The maximum absolute atomic E-state index is 11.9. The van der Waals surface area contributed by atoms with Crippen molar-refractivity contribution in [1.29, 1.82) is 0 Å². The Bertz CT molecular complexity index is 670. The van der Waals surface area contributed by atoms with Gasteiger partial charge in [0.2, 0.25) is 0 Å². The molecule has 0 heterocycles. The molecule has 2 aromatic rings. The van der Waals surface area contributed by atoms with E-state index in [-0.39, 0.29) is 6.09 Å². The van der Waals surface area contributed by atoms with E-state index in [1.54, 1.807) is 32.8 Å². The smallest absolute Gasteiger partial charge is 0.413 e. The van der Waals surface area contributed by atoms with Gasteiger partial charge in [0.05, 0.1) is 18.6 Å². The molecule has 0 atom stereocenters. The van der Waals surface area contributed by atoms with Crippen molar-refractivity contribution in [1.82, 2.24) is 0 Å². The Kier molecular flexibility index (Phi) is 5.93. The minimum absolute atomic E-state index is 0.351. The molecule has 0 unspecified atom stereocenters. The summed E-state index contributed by atoms with van der Waals surface area (Å²) in [4.78, 5) is 15.4. The number of aryl methyl sites for hydroxylation is 1. The Hall–Kier alpha value is -2.14. The summed E-state index contributed by atoms with van der Waals surface area (Å²) in [7, 11) is 3.34. The maximum atomic E-state index is 11.9. The molecule has 0 aliphatic carbocycles. The standard InChI is InChI=1S/C18H21NO3S/c1-5-22-18(20)19(3)14-8-11-16(21-4)17(12-14)23-15-9-6-13(2)7-10-15/h6-12H,5H2,1-4H3. The molecule has 0 aliphatic heterocycles. The molecule has 0 bridgehead atoms. The highest BCUT2D eigenvalue weighted by atomic mass is 32.2. The normalized spacial score (nSPS) is 10.3. The van der Waals surface area contributed by atoms with E-state index < -0.39 is 0 Å². The zero-order chi connectivity index (χ0) is 16.8. The Morgan fingerprint density at radius 1 is 1.17 bits per heavy atom. The lowest BCUT2D eigenvalue weighted by Crippen LogP contribution is -2.26. The number of carbonyl (C=O) groups is 1. The maximum Gasteiger partial charge on any atom is 0.413 e. The Balaban J connectivity index is 2.28. The van der Waals surface area contributed by atoms with Crippen molar-refractivity contribution in [3.8, 4) is 5.75 Å². The molecule has 23 heavy (non-hydrogen) atoms. The first-order chi connectivity index (χ1) is 11.0. The van der Waals surface area contributed by atoms with Gasteiger partial charge >= 0.3 is 6.09 Å². The molecule has 5 heteroatoms. The van der Waals surface area contributed by atoms with E-state index in [2.05, 4.69) is 31.2 Å². The van der Waals surface area contributed by atoms with Crippen molar-refractivity contribution in [2.24, 2.45) is 0 Å². The van der Waals surface area contributed by atoms with Gasteiger partial charge in [-0.3, -0.25) is 4.90 Å². The summed E-state index contributed by atoms with van der Waals surface area (Å²) in [5.41, 5.74) is 1.98. The van der Waals surface area contributed by atoms with Gasteiger partial charge in [-0.15, -0.1) is 0 Å². The largest absolute Gasteiger partial charge is 0.496 e. The lowest BCUT2D eigenvalue weighted by atomic mass is 10.2. The van der Waals surface area contributed by atoms with Gasteiger partial charge in [-0.25, -0.2) is 4.79 Å². The lowest BCUT2D eigenvalue weighted by Gasteiger charge is -2.18. The van der Waals surface area contributed by atoms with E-state index >= 15 is 0 Å². The molecule has 2 aromatic carbocycles. The Morgan fingerprint density at radius 3 is 2.48 bits per heavy atom. The lowest BCUT2D eigenvalue weighted by molar-refractivity contribution is 0.161. The summed E-state index contributed by atoms with van der Waals surface area (Å²) in [6.45, 7) is 4.20. The molecule has 0 N–H and O–H groups in total. The van der Waals surface area contributed by atoms with E-state index in [4.69, 9.17) is 9.47 Å². The molecule has 0 aliphatic rings. The number of hydrogen-bond acceptors (Lipinski definition) is 4. The average molecular weight is 331 g/mol. The molecule has 0 radical (unpaired) electrons. The van der Waals surface area contributed by atoms with Gasteiger partial charge in [-0.2, -0.15) is 0 Å². The number of nitrogens with zero attached hydrogens (tertiary/aromatic N) is 1. The second-order valence-electron chi connectivity index (χ2n) is 5.01. The van der Waals surface area contributed by atoms with E-state index in [1.807, 2.05) is 18.2 Å². The van der Waals surface area contributed by atoms with Gasteiger partial charge in [0, 0.05) is 17.6 Å². The molecule has 4 nitrogen and oxygen atoms in total. The molecular formula is C18H21NO3S. The van der Waals surface area contributed by atoms with Crippen molar-refractivity contribution < 1.29 is 14.3 Å². The number of ether oxygens (including phenoxy) is 2. The van der Waals surface area contributed by atoms with Crippen LogP contribution in [0.3, 0.4) is 0 Å². The predicted molar refractivity (Wildman–Crippen MR) is 93.7 cm³/mol. The fourth-order valence-corrected chi connectivity index (χ4v) is 2.97. The predicted octanol–water partition coefficient (Wildman–Crippen LogP) is 4.75. The van der Waals surface area contributed by atoms with Gasteiger partial charge < -0.3 is 9.47 Å². The van der Waals surface area contributed by atoms with E-state index in [9.17, 15) is 4.79 Å². The van der Waals surface area contributed by atoms with Crippen molar-refractivity contribution in [3.05, 3.63) is 48.0 Å². The van der Waals surface area contributed by atoms with Crippen LogP contribution in [0.25, 0.3) is 0 Å².